The molecule has 1 saturated heterocycles. The maximum Gasteiger partial charge on any atom is 0.141 e. The highest BCUT2D eigenvalue weighted by Crippen LogP contribution is 2.22. The average molecular weight is 280 g/mol. The Morgan fingerprint density at radius 1 is 1.20 bits per heavy atom. The molecule has 112 valence electrons. The lowest BCUT2D eigenvalue weighted by molar-refractivity contribution is 0.0821. The van der Waals surface area contributed by atoms with Gasteiger partial charge in [0.15, 0.2) is 0 Å². The Kier molecular flexibility index (Phi) is 5.92. The molecule has 2 heterocycles. The molecule has 0 radical (unpaired) electrons. The van der Waals surface area contributed by atoms with Gasteiger partial charge in [0.2, 0.25) is 0 Å². The predicted octanol–water partition coefficient (Wildman–Crippen LogP) is 3.16. The summed E-state index contributed by atoms with van der Waals surface area (Å²) in [5.74, 6) is -0.259. The highest BCUT2D eigenvalue weighted by molar-refractivity contribution is 5.08. The molecule has 20 heavy (non-hydrogen) atoms. The Morgan fingerprint density at radius 3 is 2.45 bits per heavy atom. The van der Waals surface area contributed by atoms with Crippen molar-refractivity contribution in [3.63, 3.8) is 0 Å². The summed E-state index contributed by atoms with van der Waals surface area (Å²) >= 11 is 0. The minimum absolute atomic E-state index is 0.104. The van der Waals surface area contributed by atoms with Crippen molar-refractivity contribution < 1.29 is 9.50 Å². The number of aliphatic hydroxyl groups is 1. The molecule has 3 nitrogen and oxygen atoms in total. The molecule has 0 saturated carbocycles. The fourth-order valence-electron chi connectivity index (χ4n) is 2.86. The Balaban J connectivity index is 1.89. The molecule has 2 unspecified atom stereocenters. The van der Waals surface area contributed by atoms with E-state index in [-0.39, 0.29) is 11.7 Å². The second-order valence-corrected chi connectivity index (χ2v) is 5.89. The fraction of sp³-hybridized carbons (Fsp3) is 0.688. The minimum Gasteiger partial charge on any atom is -0.386 e. The molecule has 0 bridgehead atoms. The SMILES string of the molecule is CC(CN1CCCCCCC1)C(O)c1ccc(F)cn1. The first-order valence-corrected chi connectivity index (χ1v) is 7.68. The van der Waals surface area contributed by atoms with E-state index in [9.17, 15) is 9.50 Å². The number of likely N-dealkylation sites (tertiary alicyclic amines) is 1. The quantitative estimate of drug-likeness (QED) is 0.920. The van der Waals surface area contributed by atoms with Crippen molar-refractivity contribution in [1.29, 1.82) is 0 Å². The van der Waals surface area contributed by atoms with Crippen molar-refractivity contribution in [2.45, 2.75) is 45.1 Å². The van der Waals surface area contributed by atoms with Crippen LogP contribution in [0, 0.1) is 11.7 Å². The van der Waals surface area contributed by atoms with Gasteiger partial charge in [-0.05, 0) is 38.1 Å². The van der Waals surface area contributed by atoms with Crippen molar-refractivity contribution >= 4 is 0 Å². The van der Waals surface area contributed by atoms with Crippen molar-refractivity contribution in [3.05, 3.63) is 29.8 Å². The molecule has 2 rings (SSSR count). The molecular weight excluding hydrogens is 255 g/mol. The zero-order valence-electron chi connectivity index (χ0n) is 12.3. The van der Waals surface area contributed by atoms with Crippen molar-refractivity contribution in [2.75, 3.05) is 19.6 Å². The summed E-state index contributed by atoms with van der Waals surface area (Å²) < 4.78 is 12.9. The van der Waals surface area contributed by atoms with E-state index >= 15 is 0 Å². The van der Waals surface area contributed by atoms with E-state index in [1.54, 1.807) is 6.07 Å². The molecule has 1 N–H and O–H groups in total. The van der Waals surface area contributed by atoms with Crippen molar-refractivity contribution in [3.8, 4) is 0 Å². The molecule has 0 amide bonds. The van der Waals surface area contributed by atoms with Crippen LogP contribution in [0.15, 0.2) is 18.3 Å². The summed E-state index contributed by atoms with van der Waals surface area (Å²) in [6, 6.07) is 2.93. The lowest BCUT2D eigenvalue weighted by atomic mass is 9.99. The van der Waals surface area contributed by atoms with E-state index in [2.05, 4.69) is 9.88 Å². The molecule has 1 aliphatic rings. The molecule has 4 heteroatoms. The lowest BCUT2D eigenvalue weighted by Gasteiger charge is -2.29. The summed E-state index contributed by atoms with van der Waals surface area (Å²) in [5, 5.41) is 10.3. The van der Waals surface area contributed by atoms with Crippen molar-refractivity contribution in [2.24, 2.45) is 5.92 Å². The van der Waals surface area contributed by atoms with Crippen LogP contribution in [0.25, 0.3) is 0 Å². The van der Waals surface area contributed by atoms with Gasteiger partial charge in [-0.1, -0.05) is 26.2 Å². The lowest BCUT2D eigenvalue weighted by Crippen LogP contribution is -2.33. The van der Waals surface area contributed by atoms with Crippen LogP contribution in [0.2, 0.25) is 0 Å². The monoisotopic (exact) mass is 280 g/mol. The molecule has 1 aromatic heterocycles. The van der Waals surface area contributed by atoms with Crippen molar-refractivity contribution in [1.82, 2.24) is 9.88 Å². The van der Waals surface area contributed by atoms with E-state index in [4.69, 9.17) is 0 Å². The minimum atomic E-state index is -0.624. The van der Waals surface area contributed by atoms with Gasteiger partial charge >= 0.3 is 0 Å². The fourth-order valence-corrected chi connectivity index (χ4v) is 2.86. The molecule has 0 aliphatic carbocycles. The summed E-state index contributed by atoms with van der Waals surface area (Å²) in [4.78, 5) is 6.42. The van der Waals surface area contributed by atoms with E-state index in [1.165, 1.54) is 44.4 Å². The van der Waals surface area contributed by atoms with Crippen LogP contribution in [0.1, 0.15) is 50.8 Å². The zero-order chi connectivity index (χ0) is 14.4. The number of halogens is 1. The van der Waals surface area contributed by atoms with Gasteiger partial charge in [-0.2, -0.15) is 0 Å². The summed E-state index contributed by atoms with van der Waals surface area (Å²) in [7, 11) is 0. The summed E-state index contributed by atoms with van der Waals surface area (Å²) in [5.41, 5.74) is 0.561. The van der Waals surface area contributed by atoms with Gasteiger partial charge in [-0.25, -0.2) is 4.39 Å². The Bertz CT molecular complexity index is 388. The zero-order valence-corrected chi connectivity index (χ0v) is 12.3. The van der Waals surface area contributed by atoms with Gasteiger partial charge in [0.1, 0.15) is 5.82 Å². The molecular formula is C16H25FN2O. The van der Waals surface area contributed by atoms with Gasteiger partial charge in [0.05, 0.1) is 18.0 Å². The number of rotatable bonds is 4. The third-order valence-electron chi connectivity index (χ3n) is 4.09. The van der Waals surface area contributed by atoms with Crippen LogP contribution >= 0.6 is 0 Å². The van der Waals surface area contributed by atoms with Crippen LogP contribution in [-0.2, 0) is 0 Å². The maximum atomic E-state index is 12.9. The van der Waals surface area contributed by atoms with E-state index in [0.29, 0.717) is 5.69 Å². The molecule has 0 spiro atoms. The van der Waals surface area contributed by atoms with Gasteiger partial charge < -0.3 is 10.0 Å². The first kappa shape index (κ1) is 15.4. The third kappa shape index (κ3) is 4.53. The number of aliphatic hydroxyl groups excluding tert-OH is 1. The van der Waals surface area contributed by atoms with Gasteiger partial charge in [0, 0.05) is 12.5 Å². The maximum absolute atomic E-state index is 12.9. The first-order chi connectivity index (χ1) is 9.66. The number of pyridine rings is 1. The van der Waals surface area contributed by atoms with E-state index in [1.807, 2.05) is 6.92 Å². The topological polar surface area (TPSA) is 36.4 Å². The molecule has 2 atom stereocenters. The van der Waals surface area contributed by atoms with Gasteiger partial charge in [-0.3, -0.25) is 4.98 Å². The summed E-state index contributed by atoms with van der Waals surface area (Å²) in [6.45, 7) is 5.15. The second kappa shape index (κ2) is 7.70. The molecule has 1 aliphatic heterocycles. The Morgan fingerprint density at radius 2 is 1.85 bits per heavy atom. The van der Waals surface area contributed by atoms with Gasteiger partial charge in [0.25, 0.3) is 0 Å². The third-order valence-corrected chi connectivity index (χ3v) is 4.09. The van der Waals surface area contributed by atoms with Crippen LogP contribution in [0.5, 0.6) is 0 Å². The van der Waals surface area contributed by atoms with Crippen LogP contribution in [0.4, 0.5) is 4.39 Å². The van der Waals surface area contributed by atoms with Crippen LogP contribution in [0.3, 0.4) is 0 Å². The first-order valence-electron chi connectivity index (χ1n) is 7.68. The number of hydrogen-bond acceptors (Lipinski definition) is 3. The highest BCUT2D eigenvalue weighted by atomic mass is 19.1. The molecule has 1 aromatic rings. The normalized spacial score (nSPS) is 20.9. The number of hydrogen-bond donors (Lipinski definition) is 1. The average Bonchev–Trinajstić information content (AvgIpc) is 2.41. The van der Waals surface area contributed by atoms with Gasteiger partial charge in [-0.15, -0.1) is 0 Å². The predicted molar refractivity (Wildman–Crippen MR) is 77.8 cm³/mol. The number of aromatic nitrogens is 1. The Hall–Kier alpha value is -1.00. The standard InChI is InChI=1S/C16H25FN2O/c1-13(12-19-9-5-3-2-4-6-10-19)16(20)15-8-7-14(17)11-18-15/h7-8,11,13,16,20H,2-6,9-10,12H2,1H3. The van der Waals surface area contributed by atoms with E-state index < -0.39 is 6.10 Å². The molecule has 1 fully saturated rings. The second-order valence-electron chi connectivity index (χ2n) is 5.89. The molecule has 0 aromatic carbocycles. The highest BCUT2D eigenvalue weighted by Gasteiger charge is 2.20. The smallest absolute Gasteiger partial charge is 0.141 e. The summed E-state index contributed by atoms with van der Waals surface area (Å²) in [6.07, 6.45) is 7.02. The largest absolute Gasteiger partial charge is 0.386 e. The van der Waals surface area contributed by atoms with Crippen LogP contribution in [-0.4, -0.2) is 34.6 Å². The van der Waals surface area contributed by atoms with E-state index in [0.717, 1.165) is 19.6 Å². The Labute approximate surface area is 120 Å². The van der Waals surface area contributed by atoms with Crippen LogP contribution < -0.4 is 0 Å². The number of nitrogens with zero attached hydrogens (tertiary/aromatic N) is 2.